The van der Waals surface area contributed by atoms with Crippen molar-refractivity contribution in [2.24, 2.45) is 0 Å². The molecule has 2 N–H and O–H groups in total. The lowest BCUT2D eigenvalue weighted by Gasteiger charge is -2.18. The Hall–Kier alpha value is -1.71. The van der Waals surface area contributed by atoms with Crippen LogP contribution in [0.15, 0.2) is 24.3 Å². The van der Waals surface area contributed by atoms with E-state index in [1.165, 1.54) is 0 Å². The molecule has 0 saturated heterocycles. The van der Waals surface area contributed by atoms with Crippen molar-refractivity contribution in [2.45, 2.75) is 26.7 Å². The van der Waals surface area contributed by atoms with Gasteiger partial charge in [0.2, 0.25) is 5.91 Å². The van der Waals surface area contributed by atoms with E-state index in [-0.39, 0.29) is 5.91 Å². The summed E-state index contributed by atoms with van der Waals surface area (Å²) in [6.45, 7) is 6.02. The van der Waals surface area contributed by atoms with Crippen molar-refractivity contribution in [2.75, 3.05) is 25.4 Å². The van der Waals surface area contributed by atoms with Crippen LogP contribution in [0.5, 0.6) is 5.75 Å². The summed E-state index contributed by atoms with van der Waals surface area (Å²) in [5, 5.41) is 0. The monoisotopic (exact) mass is 250 g/mol. The lowest BCUT2D eigenvalue weighted by atomic mass is 10.2. The molecule has 0 aromatic heterocycles. The van der Waals surface area contributed by atoms with Crippen LogP contribution in [0, 0.1) is 0 Å². The Morgan fingerprint density at radius 1 is 1.28 bits per heavy atom. The summed E-state index contributed by atoms with van der Waals surface area (Å²) in [7, 11) is 0. The van der Waals surface area contributed by atoms with Crippen LogP contribution in [-0.4, -0.2) is 30.5 Å². The Morgan fingerprint density at radius 2 is 1.94 bits per heavy atom. The Balaban J connectivity index is 2.27. The predicted octanol–water partition coefficient (Wildman–Crippen LogP) is 2.30. The third-order valence-electron chi connectivity index (χ3n) is 2.83. The second-order valence-corrected chi connectivity index (χ2v) is 4.06. The summed E-state index contributed by atoms with van der Waals surface area (Å²) in [5.74, 6) is 0.873. The second kappa shape index (κ2) is 7.58. The smallest absolute Gasteiger partial charge is 0.222 e. The first-order valence-electron chi connectivity index (χ1n) is 6.44. The summed E-state index contributed by atoms with van der Waals surface area (Å²) in [4.78, 5) is 13.6. The maximum absolute atomic E-state index is 11.7. The number of carbonyl (C=O) groups excluding carboxylic acids is 1. The zero-order chi connectivity index (χ0) is 13.4. The van der Waals surface area contributed by atoms with Gasteiger partial charge in [-0.3, -0.25) is 4.79 Å². The molecule has 1 aromatic rings. The minimum atomic E-state index is 0.185. The van der Waals surface area contributed by atoms with Crippen molar-refractivity contribution < 1.29 is 9.53 Å². The number of nitrogens with zero attached hydrogens (tertiary/aromatic N) is 1. The molecule has 0 atom stereocenters. The number of nitrogens with two attached hydrogens (primary N) is 1. The summed E-state index contributed by atoms with van der Waals surface area (Å²) in [5.41, 5.74) is 6.39. The van der Waals surface area contributed by atoms with Gasteiger partial charge in [-0.1, -0.05) is 12.1 Å². The fraction of sp³-hybridized carbons (Fsp3) is 0.500. The normalized spacial score (nSPS) is 10.1. The Bertz CT molecular complexity index is 376. The first-order valence-corrected chi connectivity index (χ1v) is 6.44. The van der Waals surface area contributed by atoms with Crippen LogP contribution in [0.25, 0.3) is 0 Å². The average molecular weight is 250 g/mol. The number of amides is 1. The molecular weight excluding hydrogens is 228 g/mol. The van der Waals surface area contributed by atoms with Gasteiger partial charge < -0.3 is 15.4 Å². The van der Waals surface area contributed by atoms with Gasteiger partial charge in [-0.05, 0) is 32.4 Å². The van der Waals surface area contributed by atoms with E-state index in [0.29, 0.717) is 30.9 Å². The van der Waals surface area contributed by atoms with Gasteiger partial charge in [-0.15, -0.1) is 0 Å². The first kappa shape index (κ1) is 14.4. The second-order valence-electron chi connectivity index (χ2n) is 4.06. The van der Waals surface area contributed by atoms with Crippen LogP contribution in [0.1, 0.15) is 26.7 Å². The summed E-state index contributed by atoms with van der Waals surface area (Å²) in [6, 6.07) is 7.39. The lowest BCUT2D eigenvalue weighted by Crippen LogP contribution is -2.30. The van der Waals surface area contributed by atoms with E-state index in [1.807, 2.05) is 36.9 Å². The van der Waals surface area contributed by atoms with E-state index >= 15 is 0 Å². The summed E-state index contributed by atoms with van der Waals surface area (Å²) < 4.78 is 5.54. The molecule has 1 amide bonds. The zero-order valence-corrected chi connectivity index (χ0v) is 11.2. The highest BCUT2D eigenvalue weighted by Gasteiger charge is 2.08. The number of ether oxygens (including phenoxy) is 1. The summed E-state index contributed by atoms with van der Waals surface area (Å²) >= 11 is 0. The van der Waals surface area contributed by atoms with Gasteiger partial charge in [0.25, 0.3) is 0 Å². The molecule has 0 saturated carbocycles. The molecule has 0 unspecified atom stereocenters. The van der Waals surface area contributed by atoms with Gasteiger partial charge in [-0.25, -0.2) is 0 Å². The van der Waals surface area contributed by atoms with Crippen molar-refractivity contribution in [3.05, 3.63) is 24.3 Å². The van der Waals surface area contributed by atoms with Gasteiger partial charge in [0.05, 0.1) is 12.3 Å². The van der Waals surface area contributed by atoms with Crippen LogP contribution in [0.2, 0.25) is 0 Å². The minimum absolute atomic E-state index is 0.185. The molecule has 0 radical (unpaired) electrons. The number of carbonyl (C=O) groups is 1. The highest BCUT2D eigenvalue weighted by molar-refractivity contribution is 5.76. The molecule has 0 heterocycles. The minimum Gasteiger partial charge on any atom is -0.491 e. The van der Waals surface area contributed by atoms with Gasteiger partial charge in [-0.2, -0.15) is 0 Å². The molecule has 0 fully saturated rings. The van der Waals surface area contributed by atoms with E-state index in [0.717, 1.165) is 13.1 Å². The van der Waals surface area contributed by atoms with Crippen molar-refractivity contribution in [1.29, 1.82) is 0 Å². The molecule has 4 heteroatoms. The molecule has 18 heavy (non-hydrogen) atoms. The highest BCUT2D eigenvalue weighted by Crippen LogP contribution is 2.19. The third kappa shape index (κ3) is 4.28. The van der Waals surface area contributed by atoms with Gasteiger partial charge in [0.1, 0.15) is 5.75 Å². The Labute approximate surface area is 109 Å². The van der Waals surface area contributed by atoms with Crippen molar-refractivity contribution >= 4 is 11.6 Å². The van der Waals surface area contributed by atoms with Gasteiger partial charge in [0.15, 0.2) is 0 Å². The van der Waals surface area contributed by atoms with Crippen molar-refractivity contribution in [3.63, 3.8) is 0 Å². The quantitative estimate of drug-likeness (QED) is 0.596. The summed E-state index contributed by atoms with van der Waals surface area (Å²) in [6.07, 6.45) is 1.23. The van der Waals surface area contributed by atoms with Gasteiger partial charge in [0, 0.05) is 19.5 Å². The lowest BCUT2D eigenvalue weighted by molar-refractivity contribution is -0.131. The molecular formula is C14H22N2O2. The molecule has 100 valence electrons. The predicted molar refractivity (Wildman–Crippen MR) is 73.5 cm³/mol. The maximum atomic E-state index is 11.7. The molecule has 1 rings (SSSR count). The molecule has 1 aromatic carbocycles. The van der Waals surface area contributed by atoms with Crippen molar-refractivity contribution in [1.82, 2.24) is 4.90 Å². The number of benzene rings is 1. The Morgan fingerprint density at radius 3 is 2.56 bits per heavy atom. The number of hydrogen-bond donors (Lipinski definition) is 1. The number of para-hydroxylation sites is 2. The molecule has 0 aliphatic rings. The molecule has 4 nitrogen and oxygen atoms in total. The van der Waals surface area contributed by atoms with E-state index in [2.05, 4.69) is 0 Å². The number of nitrogen functional groups attached to an aromatic ring is 1. The molecule has 0 bridgehead atoms. The van der Waals surface area contributed by atoms with Crippen LogP contribution in [-0.2, 0) is 4.79 Å². The molecule has 0 aliphatic carbocycles. The average Bonchev–Trinajstić information content (AvgIpc) is 2.38. The zero-order valence-electron chi connectivity index (χ0n) is 11.2. The van der Waals surface area contributed by atoms with Gasteiger partial charge >= 0.3 is 0 Å². The van der Waals surface area contributed by atoms with E-state index in [4.69, 9.17) is 10.5 Å². The van der Waals surface area contributed by atoms with E-state index in [1.54, 1.807) is 6.07 Å². The topological polar surface area (TPSA) is 55.6 Å². The molecule has 0 spiro atoms. The highest BCUT2D eigenvalue weighted by atomic mass is 16.5. The first-order chi connectivity index (χ1) is 8.69. The third-order valence-corrected chi connectivity index (χ3v) is 2.83. The van der Waals surface area contributed by atoms with E-state index < -0.39 is 0 Å². The fourth-order valence-electron chi connectivity index (χ4n) is 1.75. The largest absolute Gasteiger partial charge is 0.491 e. The standard InChI is InChI=1S/C14H22N2O2/c1-3-16(4-2)14(17)10-7-11-18-13-9-6-5-8-12(13)15/h5-6,8-9H,3-4,7,10-11,15H2,1-2H3. The van der Waals surface area contributed by atoms with Crippen LogP contribution < -0.4 is 10.5 Å². The van der Waals surface area contributed by atoms with Crippen LogP contribution in [0.3, 0.4) is 0 Å². The van der Waals surface area contributed by atoms with Crippen LogP contribution >= 0.6 is 0 Å². The Kier molecular flexibility index (Phi) is 6.05. The molecule has 0 aliphatic heterocycles. The number of hydrogen-bond acceptors (Lipinski definition) is 3. The SMILES string of the molecule is CCN(CC)C(=O)CCCOc1ccccc1N. The van der Waals surface area contributed by atoms with Crippen molar-refractivity contribution in [3.8, 4) is 5.75 Å². The van der Waals surface area contributed by atoms with E-state index in [9.17, 15) is 4.79 Å². The fourth-order valence-corrected chi connectivity index (χ4v) is 1.75. The number of rotatable bonds is 7. The maximum Gasteiger partial charge on any atom is 0.222 e. The van der Waals surface area contributed by atoms with Crippen LogP contribution in [0.4, 0.5) is 5.69 Å². The number of anilines is 1.